The van der Waals surface area contributed by atoms with E-state index in [1.165, 1.54) is 5.56 Å². The van der Waals surface area contributed by atoms with Gasteiger partial charge in [0.2, 0.25) is 0 Å². The van der Waals surface area contributed by atoms with E-state index < -0.39 is 0 Å². The fourth-order valence-corrected chi connectivity index (χ4v) is 2.83. The Hall–Kier alpha value is -2.47. The standard InChI is InChI=1S/C18H22N4O2/c1-22(2)18(23)14-3-4-17(20-10-14)21-16-12-24-11-15(16)9-13-5-7-19-8-6-13/h3-8,10,15-16H,9,11-12H2,1-2H3,(H,20,21)/t15-,16-/m1/s1. The van der Waals surface area contributed by atoms with Crippen LogP contribution < -0.4 is 5.32 Å². The molecule has 3 heterocycles. The monoisotopic (exact) mass is 326 g/mol. The number of nitrogens with one attached hydrogen (secondary N) is 1. The molecule has 0 bridgehead atoms. The predicted octanol–water partition coefficient (Wildman–Crippen LogP) is 1.85. The third-order valence-corrected chi connectivity index (χ3v) is 4.20. The van der Waals surface area contributed by atoms with Gasteiger partial charge in [0, 0.05) is 38.6 Å². The molecular weight excluding hydrogens is 304 g/mol. The van der Waals surface area contributed by atoms with E-state index in [1.807, 2.05) is 30.6 Å². The first-order valence-electron chi connectivity index (χ1n) is 8.04. The molecule has 126 valence electrons. The van der Waals surface area contributed by atoms with Gasteiger partial charge in [0.1, 0.15) is 5.82 Å². The van der Waals surface area contributed by atoms with Gasteiger partial charge < -0.3 is 15.0 Å². The van der Waals surface area contributed by atoms with Crippen molar-refractivity contribution in [1.82, 2.24) is 14.9 Å². The lowest BCUT2D eigenvalue weighted by Crippen LogP contribution is -2.29. The molecule has 1 saturated heterocycles. The number of rotatable bonds is 5. The Morgan fingerprint density at radius 3 is 2.71 bits per heavy atom. The summed E-state index contributed by atoms with van der Waals surface area (Å²) in [5, 5.41) is 3.43. The van der Waals surface area contributed by atoms with Crippen LogP contribution in [0.15, 0.2) is 42.9 Å². The van der Waals surface area contributed by atoms with Gasteiger partial charge in [-0.3, -0.25) is 9.78 Å². The molecule has 1 aliphatic rings. The summed E-state index contributed by atoms with van der Waals surface area (Å²) in [5.74, 6) is 1.10. The zero-order chi connectivity index (χ0) is 16.9. The van der Waals surface area contributed by atoms with Gasteiger partial charge in [-0.1, -0.05) is 0 Å². The van der Waals surface area contributed by atoms with E-state index >= 15 is 0 Å². The molecule has 2 aromatic rings. The fraction of sp³-hybridized carbons (Fsp3) is 0.389. The number of hydrogen-bond donors (Lipinski definition) is 1. The molecule has 1 aliphatic heterocycles. The molecule has 0 saturated carbocycles. The van der Waals surface area contributed by atoms with Crippen LogP contribution in [0.4, 0.5) is 5.82 Å². The average molecular weight is 326 g/mol. The summed E-state index contributed by atoms with van der Waals surface area (Å²) in [6.07, 6.45) is 6.18. The second-order valence-electron chi connectivity index (χ2n) is 6.24. The van der Waals surface area contributed by atoms with Crippen LogP contribution in [-0.4, -0.2) is 54.1 Å². The summed E-state index contributed by atoms with van der Waals surface area (Å²) < 4.78 is 5.64. The summed E-state index contributed by atoms with van der Waals surface area (Å²) in [6, 6.07) is 7.93. The molecule has 24 heavy (non-hydrogen) atoms. The minimum absolute atomic E-state index is 0.0474. The van der Waals surface area contributed by atoms with Crippen LogP contribution >= 0.6 is 0 Å². The smallest absolute Gasteiger partial charge is 0.254 e. The molecule has 3 rings (SSSR count). The molecule has 1 N–H and O–H groups in total. The number of aromatic nitrogens is 2. The van der Waals surface area contributed by atoms with Gasteiger partial charge in [-0.2, -0.15) is 0 Å². The van der Waals surface area contributed by atoms with Crippen molar-refractivity contribution in [1.29, 1.82) is 0 Å². The second kappa shape index (κ2) is 7.40. The van der Waals surface area contributed by atoms with Crippen molar-refractivity contribution in [3.05, 3.63) is 54.0 Å². The van der Waals surface area contributed by atoms with E-state index in [1.54, 1.807) is 31.3 Å². The topological polar surface area (TPSA) is 67.4 Å². The zero-order valence-corrected chi connectivity index (χ0v) is 14.0. The maximum atomic E-state index is 11.9. The molecule has 1 amide bonds. The van der Waals surface area contributed by atoms with Crippen LogP contribution in [-0.2, 0) is 11.2 Å². The maximum absolute atomic E-state index is 11.9. The number of hydrogen-bond acceptors (Lipinski definition) is 5. The SMILES string of the molecule is CN(C)C(=O)c1ccc(N[C@@H]2COC[C@H]2Cc2ccncc2)nc1. The maximum Gasteiger partial charge on any atom is 0.254 e. The van der Waals surface area contributed by atoms with Gasteiger partial charge in [0.15, 0.2) is 0 Å². The minimum Gasteiger partial charge on any atom is -0.379 e. The molecule has 0 aliphatic carbocycles. The molecular formula is C18H22N4O2. The van der Waals surface area contributed by atoms with Gasteiger partial charge >= 0.3 is 0 Å². The Morgan fingerprint density at radius 1 is 1.25 bits per heavy atom. The Balaban J connectivity index is 1.63. The second-order valence-corrected chi connectivity index (χ2v) is 6.24. The number of anilines is 1. The molecule has 0 unspecified atom stereocenters. The van der Waals surface area contributed by atoms with Crippen molar-refractivity contribution < 1.29 is 9.53 Å². The molecule has 2 atom stereocenters. The van der Waals surface area contributed by atoms with Gasteiger partial charge in [0.05, 0.1) is 24.8 Å². The Labute approximate surface area is 141 Å². The largest absolute Gasteiger partial charge is 0.379 e. The van der Waals surface area contributed by atoms with E-state index in [0.29, 0.717) is 18.1 Å². The predicted molar refractivity (Wildman–Crippen MR) is 91.9 cm³/mol. The van der Waals surface area contributed by atoms with Crippen LogP contribution in [0.25, 0.3) is 0 Å². The van der Waals surface area contributed by atoms with Crippen LogP contribution in [0, 0.1) is 5.92 Å². The summed E-state index contributed by atoms with van der Waals surface area (Å²) in [6.45, 7) is 1.40. The lowest BCUT2D eigenvalue weighted by molar-refractivity contribution is 0.0827. The molecule has 1 fully saturated rings. The number of amides is 1. The summed E-state index contributed by atoms with van der Waals surface area (Å²) in [4.78, 5) is 21.9. The van der Waals surface area contributed by atoms with E-state index in [-0.39, 0.29) is 11.9 Å². The molecule has 6 nitrogen and oxygen atoms in total. The van der Waals surface area contributed by atoms with Crippen molar-refractivity contribution in [3.63, 3.8) is 0 Å². The molecule has 0 aromatic carbocycles. The number of nitrogens with zero attached hydrogens (tertiary/aromatic N) is 3. The molecule has 2 aromatic heterocycles. The highest BCUT2D eigenvalue weighted by molar-refractivity contribution is 5.93. The van der Waals surface area contributed by atoms with Gasteiger partial charge in [0.25, 0.3) is 5.91 Å². The van der Waals surface area contributed by atoms with E-state index in [2.05, 4.69) is 15.3 Å². The third-order valence-electron chi connectivity index (χ3n) is 4.20. The number of carbonyl (C=O) groups excluding carboxylic acids is 1. The van der Waals surface area contributed by atoms with Gasteiger partial charge in [-0.05, 0) is 36.2 Å². The first-order chi connectivity index (χ1) is 11.6. The zero-order valence-electron chi connectivity index (χ0n) is 14.0. The van der Waals surface area contributed by atoms with Gasteiger partial charge in [-0.15, -0.1) is 0 Å². The lowest BCUT2D eigenvalue weighted by Gasteiger charge is -2.20. The normalized spacial score (nSPS) is 19.9. The van der Waals surface area contributed by atoms with Crippen molar-refractivity contribution in [2.75, 3.05) is 32.6 Å². The van der Waals surface area contributed by atoms with Gasteiger partial charge in [-0.25, -0.2) is 4.98 Å². The van der Waals surface area contributed by atoms with Crippen LogP contribution in [0.5, 0.6) is 0 Å². The Bertz CT molecular complexity index is 673. The fourth-order valence-electron chi connectivity index (χ4n) is 2.83. The summed E-state index contributed by atoms with van der Waals surface area (Å²) >= 11 is 0. The van der Waals surface area contributed by atoms with Crippen molar-refractivity contribution in [3.8, 4) is 0 Å². The lowest BCUT2D eigenvalue weighted by atomic mass is 9.95. The Kier molecular flexibility index (Phi) is 5.05. The summed E-state index contributed by atoms with van der Waals surface area (Å²) in [7, 11) is 3.46. The average Bonchev–Trinajstić information content (AvgIpc) is 3.02. The van der Waals surface area contributed by atoms with Crippen LogP contribution in [0.3, 0.4) is 0 Å². The quantitative estimate of drug-likeness (QED) is 0.908. The first kappa shape index (κ1) is 16.4. The Morgan fingerprint density at radius 2 is 2.04 bits per heavy atom. The van der Waals surface area contributed by atoms with Crippen molar-refractivity contribution in [2.45, 2.75) is 12.5 Å². The van der Waals surface area contributed by atoms with Crippen LogP contribution in [0.2, 0.25) is 0 Å². The van der Waals surface area contributed by atoms with E-state index in [4.69, 9.17) is 4.74 Å². The van der Waals surface area contributed by atoms with E-state index in [9.17, 15) is 4.79 Å². The van der Waals surface area contributed by atoms with Crippen LogP contribution in [0.1, 0.15) is 15.9 Å². The van der Waals surface area contributed by atoms with Crippen molar-refractivity contribution in [2.24, 2.45) is 5.92 Å². The number of pyridine rings is 2. The molecule has 0 radical (unpaired) electrons. The van der Waals surface area contributed by atoms with E-state index in [0.717, 1.165) is 18.8 Å². The summed E-state index contributed by atoms with van der Waals surface area (Å²) in [5.41, 5.74) is 1.84. The number of carbonyl (C=O) groups is 1. The minimum atomic E-state index is -0.0474. The highest BCUT2D eigenvalue weighted by Crippen LogP contribution is 2.22. The highest BCUT2D eigenvalue weighted by atomic mass is 16.5. The molecule has 6 heteroatoms. The molecule has 0 spiro atoms. The third kappa shape index (κ3) is 3.89. The first-order valence-corrected chi connectivity index (χ1v) is 8.04. The number of ether oxygens (including phenoxy) is 1. The van der Waals surface area contributed by atoms with Crippen molar-refractivity contribution >= 4 is 11.7 Å². The highest BCUT2D eigenvalue weighted by Gasteiger charge is 2.28.